The number of rotatable bonds is 6. The number of carbonyl (C=O) groups is 1. The molecule has 0 saturated heterocycles. The highest BCUT2D eigenvalue weighted by atomic mass is 32.1. The summed E-state index contributed by atoms with van der Waals surface area (Å²) in [7, 11) is 0. The molecule has 0 saturated carbocycles. The molecule has 2 aromatic heterocycles. The molecule has 0 fully saturated rings. The monoisotopic (exact) mass is 391 g/mol. The smallest absolute Gasteiger partial charge is 0.348 e. The molecule has 28 heavy (non-hydrogen) atoms. The summed E-state index contributed by atoms with van der Waals surface area (Å²) >= 11 is 1.53. The first-order valence-corrected chi connectivity index (χ1v) is 9.56. The number of carbonyl (C=O) groups excluding carboxylic acids is 1. The number of aliphatic hydroxyl groups is 1. The molecule has 6 heteroatoms. The number of nitrogens with zero attached hydrogens (tertiary/aromatic N) is 1. The van der Waals surface area contributed by atoms with Crippen LogP contribution in [-0.2, 0) is 21.7 Å². The van der Waals surface area contributed by atoms with Gasteiger partial charge in [0.1, 0.15) is 12.3 Å². The largest absolute Gasteiger partial charge is 0.456 e. The maximum absolute atomic E-state index is 12.9. The van der Waals surface area contributed by atoms with Gasteiger partial charge in [-0.2, -0.15) is 0 Å². The van der Waals surface area contributed by atoms with E-state index in [9.17, 15) is 9.90 Å². The van der Waals surface area contributed by atoms with E-state index in [-0.39, 0.29) is 6.61 Å². The fourth-order valence-electron chi connectivity index (χ4n) is 2.92. The van der Waals surface area contributed by atoms with Crippen LogP contribution in [0.1, 0.15) is 16.8 Å². The summed E-state index contributed by atoms with van der Waals surface area (Å²) in [6, 6.07) is 23.0. The van der Waals surface area contributed by atoms with Gasteiger partial charge in [-0.1, -0.05) is 71.9 Å². The normalized spacial score (nSPS) is 11.3. The molecule has 4 aromatic rings. The summed E-state index contributed by atoms with van der Waals surface area (Å²) in [6.45, 7) is -0.102. The third-order valence-corrected chi connectivity index (χ3v) is 5.24. The Balaban J connectivity index is 1.57. The Hall–Kier alpha value is -3.22. The zero-order chi connectivity index (χ0) is 19.4. The molecule has 1 N–H and O–H groups in total. The fourth-order valence-corrected chi connectivity index (χ4v) is 3.59. The van der Waals surface area contributed by atoms with Crippen LogP contribution in [0.4, 0.5) is 0 Å². The molecule has 0 unspecified atom stereocenters. The van der Waals surface area contributed by atoms with E-state index in [1.807, 2.05) is 29.6 Å². The topological polar surface area (TPSA) is 72.6 Å². The molecule has 2 aromatic carbocycles. The van der Waals surface area contributed by atoms with Crippen molar-refractivity contribution in [3.63, 3.8) is 0 Å². The first-order chi connectivity index (χ1) is 13.7. The van der Waals surface area contributed by atoms with Crippen LogP contribution in [-0.4, -0.2) is 16.2 Å². The number of hydrogen-bond donors (Lipinski definition) is 1. The van der Waals surface area contributed by atoms with Crippen molar-refractivity contribution in [2.45, 2.75) is 12.2 Å². The van der Waals surface area contributed by atoms with Crippen LogP contribution in [0, 0.1) is 0 Å². The van der Waals surface area contributed by atoms with Gasteiger partial charge >= 0.3 is 5.97 Å². The second-order valence-electron chi connectivity index (χ2n) is 6.18. The van der Waals surface area contributed by atoms with Gasteiger partial charge in [-0.05, 0) is 22.6 Å². The van der Waals surface area contributed by atoms with Crippen LogP contribution in [0.3, 0.4) is 0 Å². The van der Waals surface area contributed by atoms with Crippen molar-refractivity contribution in [2.75, 3.05) is 0 Å². The molecule has 0 radical (unpaired) electrons. The minimum atomic E-state index is -1.91. The molecule has 140 valence electrons. The highest BCUT2D eigenvalue weighted by Gasteiger charge is 2.41. The molecule has 0 atom stereocenters. The van der Waals surface area contributed by atoms with E-state index < -0.39 is 11.6 Å². The van der Waals surface area contributed by atoms with Gasteiger partial charge in [0.15, 0.2) is 5.76 Å². The maximum atomic E-state index is 12.9. The Labute approximate surface area is 165 Å². The van der Waals surface area contributed by atoms with Crippen LogP contribution >= 0.6 is 11.3 Å². The van der Waals surface area contributed by atoms with E-state index in [0.29, 0.717) is 22.6 Å². The van der Waals surface area contributed by atoms with Crippen molar-refractivity contribution < 1.29 is 19.2 Å². The standard InChI is InChI=1S/C22H17NO4S/c24-21(26-15-18-14-19(27-23-18)20-12-7-13-28-20)22(25,16-8-3-1-4-9-16)17-10-5-2-6-11-17/h1-14,25H,15H2. The van der Waals surface area contributed by atoms with Crippen LogP contribution in [0.15, 0.2) is 88.8 Å². The number of esters is 1. The highest BCUT2D eigenvalue weighted by molar-refractivity contribution is 7.13. The van der Waals surface area contributed by atoms with Crippen molar-refractivity contribution in [2.24, 2.45) is 0 Å². The number of hydrogen-bond acceptors (Lipinski definition) is 6. The van der Waals surface area contributed by atoms with Crippen LogP contribution < -0.4 is 0 Å². The lowest BCUT2D eigenvalue weighted by Gasteiger charge is -2.26. The van der Waals surface area contributed by atoms with Crippen molar-refractivity contribution >= 4 is 17.3 Å². The Morgan fingerprint density at radius 3 is 2.21 bits per heavy atom. The predicted octanol–water partition coefficient (Wildman–Crippen LogP) is 4.38. The quantitative estimate of drug-likeness (QED) is 0.494. The molecular weight excluding hydrogens is 374 g/mol. The Morgan fingerprint density at radius 2 is 1.64 bits per heavy atom. The molecule has 0 bridgehead atoms. The third-order valence-electron chi connectivity index (χ3n) is 4.35. The van der Waals surface area contributed by atoms with Gasteiger partial charge < -0.3 is 14.4 Å². The molecule has 0 aliphatic carbocycles. The van der Waals surface area contributed by atoms with E-state index in [2.05, 4.69) is 5.16 Å². The van der Waals surface area contributed by atoms with E-state index in [4.69, 9.17) is 9.26 Å². The Kier molecular flexibility index (Phi) is 5.06. The van der Waals surface area contributed by atoms with Crippen molar-refractivity contribution in [3.05, 3.63) is 101 Å². The highest BCUT2D eigenvalue weighted by Crippen LogP contribution is 2.31. The van der Waals surface area contributed by atoms with Crippen molar-refractivity contribution in [1.29, 1.82) is 0 Å². The van der Waals surface area contributed by atoms with Gasteiger partial charge in [0.25, 0.3) is 0 Å². The summed E-state index contributed by atoms with van der Waals surface area (Å²) in [5, 5.41) is 17.2. The summed E-state index contributed by atoms with van der Waals surface area (Å²) in [4.78, 5) is 13.9. The van der Waals surface area contributed by atoms with Crippen LogP contribution in [0.5, 0.6) is 0 Å². The summed E-state index contributed by atoms with van der Waals surface area (Å²) in [5.74, 6) is -0.159. The van der Waals surface area contributed by atoms with Crippen LogP contribution in [0.25, 0.3) is 10.6 Å². The average Bonchev–Trinajstić information content (AvgIpc) is 3.44. The zero-order valence-corrected chi connectivity index (χ0v) is 15.6. The molecular formula is C22H17NO4S. The first-order valence-electron chi connectivity index (χ1n) is 8.68. The number of ether oxygens (including phenoxy) is 1. The first kappa shape index (κ1) is 18.2. The summed E-state index contributed by atoms with van der Waals surface area (Å²) < 4.78 is 10.7. The van der Waals surface area contributed by atoms with Gasteiger partial charge in [-0.15, -0.1) is 11.3 Å². The molecule has 5 nitrogen and oxygen atoms in total. The number of aromatic nitrogens is 1. The van der Waals surface area contributed by atoms with Gasteiger partial charge in [0, 0.05) is 6.07 Å². The second-order valence-corrected chi connectivity index (χ2v) is 7.13. The average molecular weight is 391 g/mol. The minimum absolute atomic E-state index is 0.102. The maximum Gasteiger partial charge on any atom is 0.348 e. The van der Waals surface area contributed by atoms with Crippen molar-refractivity contribution in [3.8, 4) is 10.6 Å². The Bertz CT molecular complexity index is 1000. The molecule has 0 spiro atoms. The van der Waals surface area contributed by atoms with E-state index in [1.54, 1.807) is 54.6 Å². The van der Waals surface area contributed by atoms with Crippen LogP contribution in [0.2, 0.25) is 0 Å². The molecule has 2 heterocycles. The summed E-state index contributed by atoms with van der Waals surface area (Å²) in [6.07, 6.45) is 0. The third kappa shape index (κ3) is 3.47. The lowest BCUT2D eigenvalue weighted by atomic mass is 9.86. The second kappa shape index (κ2) is 7.80. The van der Waals surface area contributed by atoms with E-state index >= 15 is 0 Å². The van der Waals surface area contributed by atoms with E-state index in [0.717, 1.165) is 4.88 Å². The van der Waals surface area contributed by atoms with Gasteiger partial charge in [0.05, 0.1) is 4.88 Å². The SMILES string of the molecule is O=C(OCc1cc(-c2cccs2)on1)C(O)(c1ccccc1)c1ccccc1. The zero-order valence-electron chi connectivity index (χ0n) is 14.8. The predicted molar refractivity (Wildman–Crippen MR) is 105 cm³/mol. The lowest BCUT2D eigenvalue weighted by Crippen LogP contribution is -2.38. The minimum Gasteiger partial charge on any atom is -0.456 e. The fraction of sp³-hybridized carbons (Fsp3) is 0.0909. The summed E-state index contributed by atoms with van der Waals surface area (Å²) in [5.41, 5.74) is -0.570. The molecule has 4 rings (SSSR count). The van der Waals surface area contributed by atoms with Gasteiger partial charge in [-0.3, -0.25) is 0 Å². The number of benzene rings is 2. The molecule has 0 aliphatic rings. The van der Waals surface area contributed by atoms with E-state index in [1.165, 1.54) is 11.3 Å². The van der Waals surface area contributed by atoms with Gasteiger partial charge in [-0.25, -0.2) is 4.79 Å². The Morgan fingerprint density at radius 1 is 1.00 bits per heavy atom. The van der Waals surface area contributed by atoms with Gasteiger partial charge in [0.2, 0.25) is 5.60 Å². The van der Waals surface area contributed by atoms with Crippen molar-refractivity contribution in [1.82, 2.24) is 5.16 Å². The molecule has 0 amide bonds. The molecule has 0 aliphatic heterocycles. The lowest BCUT2D eigenvalue weighted by molar-refractivity contribution is -0.163. The number of thiophene rings is 1.